The Balaban J connectivity index is 1.44. The van der Waals surface area contributed by atoms with E-state index < -0.39 is 5.97 Å². The third-order valence-corrected chi connectivity index (χ3v) is 6.67. The fourth-order valence-electron chi connectivity index (χ4n) is 3.08. The first-order valence-corrected chi connectivity index (χ1v) is 11.7. The van der Waals surface area contributed by atoms with Crippen LogP contribution in [-0.2, 0) is 11.3 Å². The first kappa shape index (κ1) is 22.3. The maximum atomic E-state index is 12.7. The van der Waals surface area contributed by atoms with Crippen molar-refractivity contribution in [3.8, 4) is 5.75 Å². The highest BCUT2D eigenvalue weighted by molar-refractivity contribution is 14.1. The molecule has 0 saturated carbocycles. The molecule has 4 rings (SSSR count). The van der Waals surface area contributed by atoms with Gasteiger partial charge in [-0.15, -0.1) is 0 Å². The van der Waals surface area contributed by atoms with Crippen LogP contribution in [-0.4, -0.2) is 22.0 Å². The summed E-state index contributed by atoms with van der Waals surface area (Å²) >= 11 is 3.02. The van der Waals surface area contributed by atoms with Crippen molar-refractivity contribution in [3.63, 3.8) is 0 Å². The van der Waals surface area contributed by atoms with E-state index in [-0.39, 0.29) is 17.7 Å². The molecule has 0 atom stereocenters. The average Bonchev–Trinajstić information content (AvgIpc) is 3.04. The van der Waals surface area contributed by atoms with Gasteiger partial charge in [-0.2, -0.15) is 0 Å². The number of amides is 2. The van der Waals surface area contributed by atoms with E-state index in [1.165, 1.54) is 4.90 Å². The number of esters is 1. The minimum atomic E-state index is -0.431. The zero-order valence-electron chi connectivity index (χ0n) is 17.1. The zero-order valence-corrected chi connectivity index (χ0v) is 20.1. The topological polar surface area (TPSA) is 63.7 Å². The molecule has 0 aliphatic carbocycles. The fourth-order valence-corrected chi connectivity index (χ4v) is 4.53. The largest absolute Gasteiger partial charge is 0.423 e. The highest BCUT2D eigenvalue weighted by Crippen LogP contribution is 2.33. The summed E-state index contributed by atoms with van der Waals surface area (Å²) < 4.78 is 6.25. The predicted molar refractivity (Wildman–Crippen MR) is 133 cm³/mol. The van der Waals surface area contributed by atoms with Crippen LogP contribution in [0.5, 0.6) is 5.75 Å². The number of thioether (sulfide) groups is 1. The molecule has 1 aliphatic rings. The SMILES string of the molecule is Cc1ccc(CN2C(=O)S/C(=C\c3ccc(OC(=O)c4ccccc4I)cc3)C2=O)cc1. The monoisotopic (exact) mass is 555 g/mol. The summed E-state index contributed by atoms with van der Waals surface area (Å²) in [6.07, 6.45) is 1.67. The second-order valence-electron chi connectivity index (χ2n) is 7.19. The third kappa shape index (κ3) is 5.11. The van der Waals surface area contributed by atoms with Gasteiger partial charge in [0.1, 0.15) is 5.75 Å². The summed E-state index contributed by atoms with van der Waals surface area (Å²) in [5.41, 5.74) is 3.26. The Morgan fingerprint density at radius 3 is 2.38 bits per heavy atom. The van der Waals surface area contributed by atoms with Crippen molar-refractivity contribution >= 4 is 57.5 Å². The van der Waals surface area contributed by atoms with Crippen molar-refractivity contribution in [2.45, 2.75) is 13.5 Å². The fraction of sp³-hybridized carbons (Fsp3) is 0.0800. The van der Waals surface area contributed by atoms with Crippen molar-refractivity contribution in [2.24, 2.45) is 0 Å². The molecule has 1 aliphatic heterocycles. The Morgan fingerprint density at radius 1 is 1.00 bits per heavy atom. The van der Waals surface area contributed by atoms with Gasteiger partial charge in [0.15, 0.2) is 0 Å². The predicted octanol–water partition coefficient (Wildman–Crippen LogP) is 6.06. The number of halogens is 1. The summed E-state index contributed by atoms with van der Waals surface area (Å²) in [5.74, 6) is -0.339. The van der Waals surface area contributed by atoms with Gasteiger partial charge in [-0.3, -0.25) is 14.5 Å². The standard InChI is InChI=1S/C25H18INO4S/c1-16-6-8-18(9-7-16)15-27-23(28)22(32-25(27)30)14-17-10-12-19(13-11-17)31-24(29)20-4-2-3-5-21(20)26/h2-14H,15H2,1H3/b22-14-. The van der Waals surface area contributed by atoms with E-state index in [9.17, 15) is 14.4 Å². The lowest BCUT2D eigenvalue weighted by Crippen LogP contribution is -2.27. The van der Waals surface area contributed by atoms with Gasteiger partial charge in [-0.05, 0) is 82.7 Å². The van der Waals surface area contributed by atoms with Crippen LogP contribution < -0.4 is 4.74 Å². The van der Waals surface area contributed by atoms with Crippen LogP contribution >= 0.6 is 34.4 Å². The van der Waals surface area contributed by atoms with Gasteiger partial charge in [0.2, 0.25) is 0 Å². The maximum absolute atomic E-state index is 12.7. The highest BCUT2D eigenvalue weighted by atomic mass is 127. The molecule has 0 aromatic heterocycles. The maximum Gasteiger partial charge on any atom is 0.344 e. The van der Waals surface area contributed by atoms with Gasteiger partial charge in [-0.25, -0.2) is 4.79 Å². The number of hydrogen-bond acceptors (Lipinski definition) is 5. The lowest BCUT2D eigenvalue weighted by atomic mass is 10.1. The van der Waals surface area contributed by atoms with E-state index in [1.54, 1.807) is 42.5 Å². The second kappa shape index (κ2) is 9.70. The molecule has 32 heavy (non-hydrogen) atoms. The van der Waals surface area contributed by atoms with Gasteiger partial charge in [0.25, 0.3) is 11.1 Å². The summed E-state index contributed by atoms with van der Waals surface area (Å²) in [4.78, 5) is 39.1. The Morgan fingerprint density at radius 2 is 1.69 bits per heavy atom. The summed E-state index contributed by atoms with van der Waals surface area (Å²) in [6, 6.07) is 21.7. The van der Waals surface area contributed by atoms with Crippen LogP contribution in [0, 0.1) is 10.5 Å². The van der Waals surface area contributed by atoms with Crippen molar-refractivity contribution in [3.05, 3.63) is 104 Å². The Kier molecular flexibility index (Phi) is 6.76. The van der Waals surface area contributed by atoms with Crippen LogP contribution in [0.3, 0.4) is 0 Å². The first-order chi connectivity index (χ1) is 15.4. The van der Waals surface area contributed by atoms with Crippen LogP contribution in [0.25, 0.3) is 6.08 Å². The van der Waals surface area contributed by atoms with E-state index in [1.807, 2.05) is 43.3 Å². The number of ether oxygens (including phenoxy) is 1. The molecule has 1 fully saturated rings. The van der Waals surface area contributed by atoms with Gasteiger partial charge in [0, 0.05) is 3.57 Å². The number of carbonyl (C=O) groups is 3. The molecule has 0 bridgehead atoms. The number of nitrogens with zero attached hydrogens (tertiary/aromatic N) is 1. The zero-order chi connectivity index (χ0) is 22.7. The summed E-state index contributed by atoms with van der Waals surface area (Å²) in [6.45, 7) is 2.23. The molecule has 5 nitrogen and oxygen atoms in total. The molecule has 7 heteroatoms. The van der Waals surface area contributed by atoms with Crippen molar-refractivity contribution in [1.82, 2.24) is 4.90 Å². The molecular formula is C25H18INO4S. The smallest absolute Gasteiger partial charge is 0.344 e. The number of imide groups is 1. The van der Waals surface area contributed by atoms with Gasteiger partial charge in [0.05, 0.1) is 17.0 Å². The van der Waals surface area contributed by atoms with Crippen molar-refractivity contribution < 1.29 is 19.1 Å². The molecule has 1 heterocycles. The van der Waals surface area contributed by atoms with Gasteiger partial charge in [-0.1, -0.05) is 54.1 Å². The molecule has 0 N–H and O–H groups in total. The minimum absolute atomic E-state index is 0.245. The number of carbonyl (C=O) groups excluding carboxylic acids is 3. The summed E-state index contributed by atoms with van der Waals surface area (Å²) in [7, 11) is 0. The molecular weight excluding hydrogens is 537 g/mol. The van der Waals surface area contributed by atoms with E-state index in [0.29, 0.717) is 16.2 Å². The second-order valence-corrected chi connectivity index (χ2v) is 9.35. The summed E-state index contributed by atoms with van der Waals surface area (Å²) in [5, 5.41) is -0.287. The van der Waals surface area contributed by atoms with Crippen LogP contribution in [0.4, 0.5) is 4.79 Å². The lowest BCUT2D eigenvalue weighted by Gasteiger charge is -2.12. The Hall–Kier alpha value is -2.91. The van der Waals surface area contributed by atoms with E-state index >= 15 is 0 Å². The molecule has 0 radical (unpaired) electrons. The normalized spacial score (nSPS) is 14.8. The lowest BCUT2D eigenvalue weighted by molar-refractivity contribution is -0.123. The molecule has 1 saturated heterocycles. The Labute approximate surface area is 203 Å². The number of benzene rings is 3. The average molecular weight is 555 g/mol. The van der Waals surface area contributed by atoms with Crippen molar-refractivity contribution in [2.75, 3.05) is 0 Å². The van der Waals surface area contributed by atoms with Crippen LogP contribution in [0.2, 0.25) is 0 Å². The van der Waals surface area contributed by atoms with E-state index in [4.69, 9.17) is 4.74 Å². The molecule has 3 aromatic carbocycles. The molecule has 160 valence electrons. The first-order valence-electron chi connectivity index (χ1n) is 9.78. The molecule has 0 spiro atoms. The Bertz CT molecular complexity index is 1220. The van der Waals surface area contributed by atoms with Crippen LogP contribution in [0.15, 0.2) is 77.7 Å². The molecule has 2 amide bonds. The molecule has 3 aromatic rings. The highest BCUT2D eigenvalue weighted by Gasteiger charge is 2.34. The van der Waals surface area contributed by atoms with Gasteiger partial charge >= 0.3 is 5.97 Å². The number of aryl methyl sites for hydroxylation is 1. The third-order valence-electron chi connectivity index (χ3n) is 4.82. The van der Waals surface area contributed by atoms with E-state index in [0.717, 1.165) is 32.0 Å². The number of rotatable bonds is 5. The molecule has 0 unspecified atom stereocenters. The quantitative estimate of drug-likeness (QED) is 0.166. The van der Waals surface area contributed by atoms with Crippen LogP contribution in [0.1, 0.15) is 27.0 Å². The van der Waals surface area contributed by atoms with Gasteiger partial charge < -0.3 is 4.74 Å². The van der Waals surface area contributed by atoms with E-state index in [2.05, 4.69) is 22.6 Å². The van der Waals surface area contributed by atoms with Crippen molar-refractivity contribution in [1.29, 1.82) is 0 Å². The number of hydrogen-bond donors (Lipinski definition) is 0. The minimum Gasteiger partial charge on any atom is -0.423 e.